The van der Waals surface area contributed by atoms with Crippen LogP contribution in [0.3, 0.4) is 0 Å². The van der Waals surface area contributed by atoms with Crippen molar-refractivity contribution in [3.05, 3.63) is 83.4 Å². The van der Waals surface area contributed by atoms with Crippen LogP contribution in [0.15, 0.2) is 77.3 Å². The van der Waals surface area contributed by atoms with Gasteiger partial charge in [0.05, 0.1) is 5.39 Å². The van der Waals surface area contributed by atoms with Crippen molar-refractivity contribution in [3.63, 3.8) is 0 Å². The summed E-state index contributed by atoms with van der Waals surface area (Å²) in [5.74, 6) is 2.07. The van der Waals surface area contributed by atoms with Gasteiger partial charge in [0.2, 0.25) is 0 Å². The van der Waals surface area contributed by atoms with Gasteiger partial charge in [0, 0.05) is 30.1 Å². The van der Waals surface area contributed by atoms with Crippen LogP contribution in [-0.2, 0) is 6.54 Å². The van der Waals surface area contributed by atoms with Gasteiger partial charge in [-0.3, -0.25) is 10.2 Å². The Morgan fingerprint density at radius 2 is 1.78 bits per heavy atom. The van der Waals surface area contributed by atoms with E-state index in [2.05, 4.69) is 27.5 Å². The molecule has 0 bridgehead atoms. The maximum Gasteiger partial charge on any atom is 0.323 e. The van der Waals surface area contributed by atoms with Crippen LogP contribution in [0.5, 0.6) is 11.5 Å². The first-order chi connectivity index (χ1) is 17.6. The lowest BCUT2D eigenvalue weighted by molar-refractivity contribution is -0.0200. The van der Waals surface area contributed by atoms with Gasteiger partial charge in [-0.25, -0.2) is 4.79 Å². The van der Waals surface area contributed by atoms with Gasteiger partial charge >= 0.3 is 6.03 Å². The molecule has 36 heavy (non-hydrogen) atoms. The van der Waals surface area contributed by atoms with E-state index in [1.165, 1.54) is 5.56 Å². The van der Waals surface area contributed by atoms with Crippen LogP contribution in [0.4, 0.5) is 10.6 Å². The molecule has 0 atom stereocenters. The van der Waals surface area contributed by atoms with Gasteiger partial charge in [-0.15, -0.1) is 0 Å². The lowest BCUT2D eigenvalue weighted by atomic mass is 9.72. The topological polar surface area (TPSA) is 70.8 Å². The number of nitrogens with one attached hydrogen (secondary N) is 1. The van der Waals surface area contributed by atoms with Crippen molar-refractivity contribution >= 4 is 34.4 Å². The molecule has 7 nitrogen and oxygen atoms in total. The lowest BCUT2D eigenvalue weighted by Gasteiger charge is -2.53. The van der Waals surface area contributed by atoms with Crippen molar-refractivity contribution in [3.8, 4) is 11.5 Å². The second-order valence-electron chi connectivity index (χ2n) is 9.79. The number of aromatic nitrogens is 1. The second kappa shape index (κ2) is 9.48. The number of piperidine rings is 1. The number of halogens is 1. The number of carbonyl (C=O) groups excluding carboxylic acids is 1. The van der Waals surface area contributed by atoms with Gasteiger partial charge < -0.3 is 14.2 Å². The van der Waals surface area contributed by atoms with E-state index in [1.54, 1.807) is 0 Å². The molecule has 3 heterocycles. The maximum atomic E-state index is 12.8. The maximum absolute atomic E-state index is 12.8. The summed E-state index contributed by atoms with van der Waals surface area (Å²) in [6, 6.07) is 23.1. The predicted octanol–water partition coefficient (Wildman–Crippen LogP) is 6.40. The third-order valence-corrected chi connectivity index (χ3v) is 7.47. The summed E-state index contributed by atoms with van der Waals surface area (Å²) < 4.78 is 11.3. The molecule has 2 amide bonds. The van der Waals surface area contributed by atoms with Crippen LogP contribution in [0.2, 0.25) is 5.02 Å². The van der Waals surface area contributed by atoms with Gasteiger partial charge in [-0.2, -0.15) is 0 Å². The largest absolute Gasteiger partial charge is 0.457 e. The molecular weight excluding hydrogens is 476 g/mol. The van der Waals surface area contributed by atoms with Crippen molar-refractivity contribution in [2.45, 2.75) is 19.4 Å². The number of amides is 2. The van der Waals surface area contributed by atoms with E-state index < -0.39 is 0 Å². The van der Waals surface area contributed by atoms with Crippen molar-refractivity contribution in [1.82, 2.24) is 15.0 Å². The average Bonchev–Trinajstić information content (AvgIpc) is 3.27. The highest BCUT2D eigenvalue weighted by atomic mass is 35.5. The van der Waals surface area contributed by atoms with Gasteiger partial charge in [0.1, 0.15) is 11.5 Å². The number of para-hydroxylation sites is 1. The average molecular weight is 503 g/mol. The third kappa shape index (κ3) is 4.76. The zero-order valence-corrected chi connectivity index (χ0v) is 20.6. The van der Waals surface area contributed by atoms with E-state index in [0.29, 0.717) is 16.4 Å². The minimum Gasteiger partial charge on any atom is -0.457 e. The zero-order chi connectivity index (χ0) is 24.5. The number of hydrogen-bond acceptors (Lipinski definition) is 5. The molecule has 2 saturated heterocycles. The van der Waals surface area contributed by atoms with Gasteiger partial charge in [-0.05, 0) is 80.0 Å². The van der Waals surface area contributed by atoms with E-state index in [4.69, 9.17) is 20.9 Å². The standard InChI is InChI=1S/C28H27ClN4O3/c29-21-8-10-22(11-9-21)35-23-5-3-4-20(16-23)17-32-14-12-28(13-15-32)18-33(19-28)27(34)30-26-24-6-1-2-7-25(24)36-31-26/h1-11,16H,12-15,17-19H2,(H,30,31,34). The van der Waals surface area contributed by atoms with Crippen molar-refractivity contribution in [2.24, 2.45) is 5.41 Å². The number of hydrogen-bond donors (Lipinski definition) is 1. The Morgan fingerprint density at radius 1 is 1.00 bits per heavy atom. The Hall–Kier alpha value is -3.55. The Kier molecular flexibility index (Phi) is 6.03. The minimum atomic E-state index is -0.111. The molecule has 184 valence electrons. The summed E-state index contributed by atoms with van der Waals surface area (Å²) in [5.41, 5.74) is 2.12. The number of nitrogens with zero attached hydrogens (tertiary/aromatic N) is 3. The molecule has 6 rings (SSSR count). The summed E-state index contributed by atoms with van der Waals surface area (Å²) in [6.45, 7) is 4.49. The number of rotatable bonds is 5. The van der Waals surface area contributed by atoms with Crippen LogP contribution < -0.4 is 10.1 Å². The Bertz CT molecular complexity index is 1370. The summed E-state index contributed by atoms with van der Waals surface area (Å²) in [6.07, 6.45) is 2.18. The molecule has 0 unspecified atom stereocenters. The number of carbonyl (C=O) groups is 1. The molecule has 0 radical (unpaired) electrons. The summed E-state index contributed by atoms with van der Waals surface area (Å²) in [5, 5.41) is 8.43. The first kappa shape index (κ1) is 22.9. The molecule has 2 fully saturated rings. The smallest absolute Gasteiger partial charge is 0.323 e. The second-order valence-corrected chi connectivity index (χ2v) is 10.2. The van der Waals surface area contributed by atoms with Crippen LogP contribution in [0, 0.1) is 5.41 Å². The predicted molar refractivity (Wildman–Crippen MR) is 140 cm³/mol. The quantitative estimate of drug-likeness (QED) is 0.342. The molecule has 2 aliphatic rings. The van der Waals surface area contributed by atoms with E-state index in [0.717, 1.165) is 62.5 Å². The number of ether oxygens (including phenoxy) is 1. The monoisotopic (exact) mass is 502 g/mol. The first-order valence-corrected chi connectivity index (χ1v) is 12.6. The van der Waals surface area contributed by atoms with Crippen molar-refractivity contribution in [1.29, 1.82) is 0 Å². The number of fused-ring (bicyclic) bond motifs is 1. The first-order valence-electron chi connectivity index (χ1n) is 12.2. The SMILES string of the molecule is O=C(Nc1noc2ccccc12)N1CC2(CCN(Cc3cccc(Oc4ccc(Cl)cc4)c3)CC2)C1. The molecule has 8 heteroatoms. The van der Waals surface area contributed by atoms with Crippen molar-refractivity contribution < 1.29 is 14.1 Å². The number of likely N-dealkylation sites (tertiary alicyclic amines) is 2. The van der Waals surface area contributed by atoms with Crippen LogP contribution in [-0.4, -0.2) is 47.2 Å². The zero-order valence-electron chi connectivity index (χ0n) is 19.8. The molecule has 3 aromatic carbocycles. The van der Waals surface area contributed by atoms with Gasteiger partial charge in [0.15, 0.2) is 11.4 Å². The summed E-state index contributed by atoms with van der Waals surface area (Å²) in [7, 11) is 0. The van der Waals surface area contributed by atoms with Crippen LogP contribution in [0.25, 0.3) is 11.0 Å². The van der Waals surface area contributed by atoms with E-state index in [9.17, 15) is 4.79 Å². The fraction of sp³-hybridized carbons (Fsp3) is 0.286. The molecule has 0 aliphatic carbocycles. The molecule has 2 aliphatic heterocycles. The minimum absolute atomic E-state index is 0.111. The molecule has 0 saturated carbocycles. The lowest BCUT2D eigenvalue weighted by Crippen LogP contribution is -2.62. The van der Waals surface area contributed by atoms with Gasteiger partial charge in [0.25, 0.3) is 0 Å². The highest BCUT2D eigenvalue weighted by Crippen LogP contribution is 2.41. The van der Waals surface area contributed by atoms with E-state index >= 15 is 0 Å². The highest BCUT2D eigenvalue weighted by Gasteiger charge is 2.46. The normalized spacial score (nSPS) is 17.2. The van der Waals surface area contributed by atoms with Crippen molar-refractivity contribution in [2.75, 3.05) is 31.5 Å². The summed E-state index contributed by atoms with van der Waals surface area (Å²) >= 11 is 5.96. The number of urea groups is 1. The molecule has 1 spiro atoms. The molecule has 1 N–H and O–H groups in total. The summed E-state index contributed by atoms with van der Waals surface area (Å²) in [4.78, 5) is 17.1. The van der Waals surface area contributed by atoms with Gasteiger partial charge in [-0.1, -0.05) is 41.0 Å². The molecule has 4 aromatic rings. The Morgan fingerprint density at radius 3 is 2.58 bits per heavy atom. The molecule has 1 aromatic heterocycles. The highest BCUT2D eigenvalue weighted by molar-refractivity contribution is 6.30. The van der Waals surface area contributed by atoms with Crippen LogP contribution in [0.1, 0.15) is 18.4 Å². The van der Waals surface area contributed by atoms with E-state index in [1.807, 2.05) is 65.6 Å². The number of benzene rings is 3. The Balaban J connectivity index is 0.993. The number of anilines is 1. The molecular formula is C28H27ClN4O3. The fourth-order valence-electron chi connectivity index (χ4n) is 5.17. The van der Waals surface area contributed by atoms with E-state index in [-0.39, 0.29) is 11.4 Å². The third-order valence-electron chi connectivity index (χ3n) is 7.21. The van der Waals surface area contributed by atoms with Crippen LogP contribution >= 0.6 is 11.6 Å². The Labute approximate surface area is 214 Å². The fourth-order valence-corrected chi connectivity index (χ4v) is 5.30.